The van der Waals surface area contributed by atoms with Crippen molar-refractivity contribution in [3.8, 4) is 0 Å². The van der Waals surface area contributed by atoms with Crippen LogP contribution in [0.5, 0.6) is 0 Å². The maximum atomic E-state index is 13.4. The summed E-state index contributed by atoms with van der Waals surface area (Å²) in [5, 5.41) is 11.9. The number of carbonyl (C=O) groups excluding carboxylic acids is 2. The molecule has 2 saturated heterocycles. The van der Waals surface area contributed by atoms with E-state index in [1.54, 1.807) is 0 Å². The first kappa shape index (κ1) is 25.2. The Hall–Kier alpha value is -2.45. The highest BCUT2D eigenvalue weighted by Crippen LogP contribution is 2.37. The van der Waals surface area contributed by atoms with E-state index in [1.807, 2.05) is 41.8 Å². The number of hydrogen-bond donors (Lipinski definition) is 2. The largest absolute Gasteiger partial charge is 0.465 e. The molecule has 0 aromatic heterocycles. The van der Waals surface area contributed by atoms with Gasteiger partial charge in [0.05, 0.1) is 13.3 Å². The number of nitrogens with zero attached hydrogens (tertiary/aromatic N) is 4. The summed E-state index contributed by atoms with van der Waals surface area (Å²) in [5.74, 6) is 0.439. The Morgan fingerprint density at radius 3 is 2.33 bits per heavy atom. The van der Waals surface area contributed by atoms with E-state index >= 15 is 0 Å². The van der Waals surface area contributed by atoms with Gasteiger partial charge in [-0.25, -0.2) is 4.79 Å². The first-order chi connectivity index (χ1) is 15.3. The summed E-state index contributed by atoms with van der Waals surface area (Å²) in [7, 11) is 1.97. The van der Waals surface area contributed by atoms with Crippen molar-refractivity contribution < 1.29 is 19.5 Å². The summed E-state index contributed by atoms with van der Waals surface area (Å²) in [6.45, 7) is 13.6. The lowest BCUT2D eigenvalue weighted by Gasteiger charge is -2.41. The van der Waals surface area contributed by atoms with Crippen LogP contribution in [0.4, 0.5) is 4.79 Å². The predicted octanol–water partition coefficient (Wildman–Crippen LogP) is 2.56. The molecule has 3 rings (SSSR count). The maximum Gasteiger partial charge on any atom is 0.405 e. The highest BCUT2D eigenvalue weighted by atomic mass is 16.4. The fourth-order valence-corrected chi connectivity index (χ4v) is 5.74. The smallest absolute Gasteiger partial charge is 0.405 e. The zero-order chi connectivity index (χ0) is 24.6. The average molecular weight is 464 g/mol. The van der Waals surface area contributed by atoms with Crippen LogP contribution in [0.25, 0.3) is 0 Å². The van der Waals surface area contributed by atoms with Gasteiger partial charge in [-0.2, -0.15) is 0 Å². The lowest BCUT2D eigenvalue weighted by molar-refractivity contribution is -0.138. The van der Waals surface area contributed by atoms with Crippen molar-refractivity contribution in [3.05, 3.63) is 11.9 Å². The topological polar surface area (TPSA) is 96.4 Å². The molecule has 0 aromatic rings. The lowest BCUT2D eigenvalue weighted by atomic mass is 9.71. The maximum absolute atomic E-state index is 13.4. The van der Waals surface area contributed by atoms with Crippen LogP contribution in [-0.2, 0) is 9.59 Å². The second kappa shape index (κ2) is 9.43. The molecular weight excluding hydrogens is 422 g/mol. The Bertz CT molecular complexity index is 795. The molecule has 2 N–H and O–H groups in total. The molecule has 1 atom stereocenters. The summed E-state index contributed by atoms with van der Waals surface area (Å²) in [6.07, 6.45) is 4.15. The molecule has 0 aliphatic carbocycles. The number of rotatable bonds is 7. The van der Waals surface area contributed by atoms with Crippen LogP contribution in [0.1, 0.15) is 60.3 Å². The Kier molecular flexibility index (Phi) is 7.19. The van der Waals surface area contributed by atoms with Crippen LogP contribution in [0.3, 0.4) is 0 Å². The molecule has 33 heavy (non-hydrogen) atoms. The molecule has 186 valence electrons. The van der Waals surface area contributed by atoms with Gasteiger partial charge in [-0.05, 0) is 42.4 Å². The summed E-state index contributed by atoms with van der Waals surface area (Å²) < 4.78 is 0. The molecule has 0 radical (unpaired) electrons. The zero-order valence-corrected chi connectivity index (χ0v) is 21.1. The van der Waals surface area contributed by atoms with Crippen LogP contribution in [0, 0.1) is 16.7 Å². The van der Waals surface area contributed by atoms with Crippen molar-refractivity contribution in [1.29, 1.82) is 0 Å². The molecule has 2 fully saturated rings. The van der Waals surface area contributed by atoms with Gasteiger partial charge in [0.1, 0.15) is 11.7 Å². The van der Waals surface area contributed by atoms with Gasteiger partial charge >= 0.3 is 6.09 Å². The molecule has 3 amide bonds. The predicted molar refractivity (Wildman–Crippen MR) is 126 cm³/mol. The summed E-state index contributed by atoms with van der Waals surface area (Å²) in [6, 6.07) is -0.770. The number of carbonyl (C=O) groups is 3. The average Bonchev–Trinajstić information content (AvgIpc) is 3.19. The SMILES string of the molecule is CN1C=C2C(=O)N(CCC3CCN(C(=O)[C@H](NC(=O)O)C(C)(C)CC(C)(C)C)CC3)CN2C1. The number of amides is 3. The van der Waals surface area contributed by atoms with Crippen LogP contribution in [-0.4, -0.2) is 88.7 Å². The van der Waals surface area contributed by atoms with Crippen molar-refractivity contribution in [3.63, 3.8) is 0 Å². The van der Waals surface area contributed by atoms with Gasteiger partial charge in [-0.3, -0.25) is 9.59 Å². The highest BCUT2D eigenvalue weighted by Gasteiger charge is 2.42. The molecule has 0 spiro atoms. The van der Waals surface area contributed by atoms with Crippen molar-refractivity contribution >= 4 is 17.9 Å². The summed E-state index contributed by atoms with van der Waals surface area (Å²) >= 11 is 0. The quantitative estimate of drug-likeness (QED) is 0.602. The zero-order valence-electron chi connectivity index (χ0n) is 21.1. The van der Waals surface area contributed by atoms with E-state index in [1.165, 1.54) is 0 Å². The fraction of sp³-hybridized carbons (Fsp3) is 0.792. The second-order valence-corrected chi connectivity index (χ2v) is 11.8. The summed E-state index contributed by atoms with van der Waals surface area (Å²) in [5.41, 5.74) is 0.257. The van der Waals surface area contributed by atoms with E-state index in [0.29, 0.717) is 25.7 Å². The summed E-state index contributed by atoms with van der Waals surface area (Å²) in [4.78, 5) is 45.3. The molecule has 3 heterocycles. The molecule has 0 aromatic carbocycles. The number of carboxylic acid groups (broad SMARTS) is 1. The Morgan fingerprint density at radius 2 is 1.79 bits per heavy atom. The van der Waals surface area contributed by atoms with Gasteiger partial charge in [0.15, 0.2) is 0 Å². The third kappa shape index (κ3) is 6.12. The number of likely N-dealkylation sites (tertiary alicyclic amines) is 1. The van der Waals surface area contributed by atoms with E-state index in [2.05, 4.69) is 31.0 Å². The van der Waals surface area contributed by atoms with Crippen molar-refractivity contribution in [1.82, 2.24) is 24.9 Å². The second-order valence-electron chi connectivity index (χ2n) is 11.8. The van der Waals surface area contributed by atoms with Crippen LogP contribution in [0.2, 0.25) is 0 Å². The van der Waals surface area contributed by atoms with Gasteiger partial charge in [0, 0.05) is 32.9 Å². The van der Waals surface area contributed by atoms with Gasteiger partial charge in [-0.15, -0.1) is 0 Å². The molecule has 0 saturated carbocycles. The molecule has 9 nitrogen and oxygen atoms in total. The minimum absolute atomic E-state index is 0.0251. The molecular formula is C24H41N5O4. The van der Waals surface area contributed by atoms with E-state index in [9.17, 15) is 19.5 Å². The van der Waals surface area contributed by atoms with E-state index in [4.69, 9.17) is 0 Å². The first-order valence-corrected chi connectivity index (χ1v) is 12.0. The Morgan fingerprint density at radius 1 is 1.15 bits per heavy atom. The fourth-order valence-electron chi connectivity index (χ4n) is 5.74. The third-order valence-corrected chi connectivity index (χ3v) is 6.94. The van der Waals surface area contributed by atoms with Gasteiger partial charge in [0.2, 0.25) is 5.91 Å². The highest BCUT2D eigenvalue weighted by molar-refractivity contribution is 5.95. The van der Waals surface area contributed by atoms with Crippen molar-refractivity contribution in [2.75, 3.05) is 40.0 Å². The molecule has 0 bridgehead atoms. The standard InChI is InChI=1S/C24H41N5O4/c1-23(2,3)14-24(4,5)19(25-22(32)33)21(31)27-10-7-17(8-11-27)9-12-28-16-29-15-26(6)13-18(29)20(28)30/h13,17,19,25H,7-12,14-16H2,1-6H3,(H,32,33)/t19-/m0/s1. The monoisotopic (exact) mass is 463 g/mol. The minimum atomic E-state index is -1.16. The Labute approximate surface area is 197 Å². The van der Waals surface area contributed by atoms with E-state index in [0.717, 1.165) is 44.6 Å². The van der Waals surface area contributed by atoms with Crippen LogP contribution in [0.15, 0.2) is 11.9 Å². The molecule has 3 aliphatic heterocycles. The van der Waals surface area contributed by atoms with Crippen LogP contribution >= 0.6 is 0 Å². The minimum Gasteiger partial charge on any atom is -0.465 e. The molecule has 9 heteroatoms. The number of nitrogens with one attached hydrogen (secondary N) is 1. The Balaban J connectivity index is 1.52. The third-order valence-electron chi connectivity index (χ3n) is 6.94. The van der Waals surface area contributed by atoms with Gasteiger partial charge in [0.25, 0.3) is 5.91 Å². The van der Waals surface area contributed by atoms with Crippen molar-refractivity contribution in [2.45, 2.75) is 66.3 Å². The van der Waals surface area contributed by atoms with Gasteiger partial charge < -0.3 is 30.0 Å². The van der Waals surface area contributed by atoms with Crippen LogP contribution < -0.4 is 5.32 Å². The van der Waals surface area contributed by atoms with E-state index in [-0.39, 0.29) is 17.2 Å². The lowest BCUT2D eigenvalue weighted by Crippen LogP contribution is -2.57. The number of fused-ring (bicyclic) bond motifs is 1. The first-order valence-electron chi connectivity index (χ1n) is 12.0. The van der Waals surface area contributed by atoms with E-state index < -0.39 is 17.6 Å². The van der Waals surface area contributed by atoms with Gasteiger partial charge in [-0.1, -0.05) is 34.6 Å². The molecule has 3 aliphatic rings. The number of piperidine rings is 1. The number of hydrogen-bond acceptors (Lipinski definition) is 5. The van der Waals surface area contributed by atoms with Crippen molar-refractivity contribution in [2.24, 2.45) is 16.7 Å². The molecule has 0 unspecified atom stereocenters. The normalized spacial score (nSPS) is 20.8.